The van der Waals surface area contributed by atoms with Crippen LogP contribution in [0, 0.1) is 0 Å². The van der Waals surface area contributed by atoms with Crippen molar-refractivity contribution in [2.24, 2.45) is 0 Å². The summed E-state index contributed by atoms with van der Waals surface area (Å²) in [6.45, 7) is 3.22. The first-order chi connectivity index (χ1) is 8.61. The normalized spacial score (nSPS) is 10.4. The van der Waals surface area contributed by atoms with Gasteiger partial charge in [-0.3, -0.25) is 4.79 Å². The largest absolute Gasteiger partial charge is 0.494 e. The number of nitrogens with zero attached hydrogens (tertiary/aromatic N) is 1. The number of hydrogen-bond donors (Lipinski definition) is 1. The van der Waals surface area contributed by atoms with E-state index in [4.69, 9.17) is 4.74 Å². The van der Waals surface area contributed by atoms with Crippen LogP contribution in [-0.4, -0.2) is 38.1 Å². The lowest BCUT2D eigenvalue weighted by Gasteiger charge is -2.11. The molecule has 1 aromatic rings. The molecule has 100 valence electrons. The van der Waals surface area contributed by atoms with E-state index in [-0.39, 0.29) is 5.91 Å². The third kappa shape index (κ3) is 5.68. The average Bonchev–Trinajstić information content (AvgIpc) is 2.28. The van der Waals surface area contributed by atoms with Gasteiger partial charge in [0.1, 0.15) is 5.75 Å². The van der Waals surface area contributed by atoms with Crippen molar-refractivity contribution >= 4 is 11.6 Å². The molecule has 1 rings (SSSR count). The highest BCUT2D eigenvalue weighted by atomic mass is 16.5. The summed E-state index contributed by atoms with van der Waals surface area (Å²) in [7, 11) is 3.73. The molecule has 1 N–H and O–H groups in total. The molecule has 0 aromatic heterocycles. The van der Waals surface area contributed by atoms with Crippen LogP contribution < -0.4 is 10.1 Å². The number of benzene rings is 1. The van der Waals surface area contributed by atoms with E-state index >= 15 is 0 Å². The summed E-state index contributed by atoms with van der Waals surface area (Å²) < 4.78 is 5.59. The van der Waals surface area contributed by atoms with E-state index in [1.54, 1.807) is 0 Å². The molecule has 1 aromatic carbocycles. The van der Waals surface area contributed by atoms with Crippen molar-refractivity contribution in [3.05, 3.63) is 24.3 Å². The zero-order valence-corrected chi connectivity index (χ0v) is 11.4. The van der Waals surface area contributed by atoms with Gasteiger partial charge in [0.2, 0.25) is 5.91 Å². The minimum absolute atomic E-state index is 0.0225. The fourth-order valence-corrected chi connectivity index (χ4v) is 1.49. The molecule has 0 atom stereocenters. The van der Waals surface area contributed by atoms with Gasteiger partial charge in [0.15, 0.2) is 0 Å². The lowest BCUT2D eigenvalue weighted by molar-refractivity contribution is -0.116. The Labute approximate surface area is 109 Å². The van der Waals surface area contributed by atoms with E-state index in [0.29, 0.717) is 13.2 Å². The van der Waals surface area contributed by atoms with E-state index in [9.17, 15) is 4.79 Å². The van der Waals surface area contributed by atoms with Crippen molar-refractivity contribution in [3.63, 3.8) is 0 Å². The van der Waals surface area contributed by atoms with Crippen LogP contribution in [-0.2, 0) is 4.79 Å². The molecule has 4 heteroatoms. The van der Waals surface area contributed by atoms with Crippen LogP contribution in [0.15, 0.2) is 24.3 Å². The minimum atomic E-state index is -0.0225. The van der Waals surface area contributed by atoms with Gasteiger partial charge in [0.05, 0.1) is 13.2 Å². The number of rotatable bonds is 7. The Hall–Kier alpha value is -1.55. The Kier molecular flexibility index (Phi) is 6.22. The quantitative estimate of drug-likeness (QED) is 0.755. The van der Waals surface area contributed by atoms with Crippen LogP contribution in [0.5, 0.6) is 5.75 Å². The molecule has 0 bridgehead atoms. The number of hydrogen-bond acceptors (Lipinski definition) is 3. The van der Waals surface area contributed by atoms with E-state index in [1.807, 2.05) is 43.3 Å². The molecule has 0 aliphatic rings. The van der Waals surface area contributed by atoms with Crippen molar-refractivity contribution in [2.45, 2.75) is 19.8 Å². The van der Waals surface area contributed by atoms with Crippen molar-refractivity contribution in [1.82, 2.24) is 4.90 Å². The number of carbonyl (C=O) groups excluding carboxylic acids is 1. The van der Waals surface area contributed by atoms with E-state index in [2.05, 4.69) is 12.2 Å². The zero-order chi connectivity index (χ0) is 13.4. The maximum absolute atomic E-state index is 11.6. The molecule has 0 aliphatic carbocycles. The van der Waals surface area contributed by atoms with Gasteiger partial charge in [-0.1, -0.05) is 19.4 Å². The smallest absolute Gasteiger partial charge is 0.238 e. The second kappa shape index (κ2) is 7.71. The maximum atomic E-state index is 11.6. The van der Waals surface area contributed by atoms with Crippen LogP contribution in [0.4, 0.5) is 5.69 Å². The number of nitrogens with one attached hydrogen (secondary N) is 1. The molecule has 0 aliphatic heterocycles. The molecule has 4 nitrogen and oxygen atoms in total. The van der Waals surface area contributed by atoms with Gasteiger partial charge < -0.3 is 15.0 Å². The molecule has 18 heavy (non-hydrogen) atoms. The fraction of sp³-hybridized carbons (Fsp3) is 0.500. The second-order valence-corrected chi connectivity index (χ2v) is 4.52. The van der Waals surface area contributed by atoms with Gasteiger partial charge in [0.25, 0.3) is 0 Å². The number of ether oxygens (including phenoxy) is 1. The molecule has 1 amide bonds. The first-order valence-corrected chi connectivity index (χ1v) is 6.29. The Bertz CT molecular complexity index is 378. The van der Waals surface area contributed by atoms with Gasteiger partial charge in [0, 0.05) is 11.8 Å². The maximum Gasteiger partial charge on any atom is 0.238 e. The summed E-state index contributed by atoms with van der Waals surface area (Å²) in [5, 5.41) is 2.84. The average molecular weight is 250 g/mol. The standard InChI is InChI=1S/C14H22N2O2/c1-4-5-9-18-13-8-6-7-12(10-13)15-14(17)11-16(2)3/h6-8,10H,4-5,9,11H2,1-3H3,(H,15,17). The number of carbonyl (C=O) groups is 1. The fourth-order valence-electron chi connectivity index (χ4n) is 1.49. The van der Waals surface area contributed by atoms with Crippen LogP contribution in [0.25, 0.3) is 0 Å². The third-order valence-electron chi connectivity index (χ3n) is 2.34. The Morgan fingerprint density at radius 1 is 1.39 bits per heavy atom. The number of unbranched alkanes of at least 4 members (excludes halogenated alkanes) is 1. The summed E-state index contributed by atoms with van der Waals surface area (Å²) in [6.07, 6.45) is 2.15. The Morgan fingerprint density at radius 2 is 2.17 bits per heavy atom. The number of anilines is 1. The Morgan fingerprint density at radius 3 is 2.83 bits per heavy atom. The second-order valence-electron chi connectivity index (χ2n) is 4.52. The van der Waals surface area contributed by atoms with Crippen molar-refractivity contribution in [2.75, 3.05) is 32.6 Å². The van der Waals surface area contributed by atoms with Gasteiger partial charge in [-0.05, 0) is 32.6 Å². The third-order valence-corrected chi connectivity index (χ3v) is 2.34. The van der Waals surface area contributed by atoms with Crippen LogP contribution in [0.2, 0.25) is 0 Å². The molecule has 0 radical (unpaired) electrons. The predicted octanol–water partition coefficient (Wildman–Crippen LogP) is 2.37. The summed E-state index contributed by atoms with van der Waals surface area (Å²) in [5.74, 6) is 0.775. The molecule has 0 spiro atoms. The van der Waals surface area contributed by atoms with Crippen LogP contribution in [0.3, 0.4) is 0 Å². The van der Waals surface area contributed by atoms with Crippen molar-refractivity contribution in [1.29, 1.82) is 0 Å². The first kappa shape index (κ1) is 14.5. The highest BCUT2D eigenvalue weighted by molar-refractivity contribution is 5.92. The molecule has 0 fully saturated rings. The highest BCUT2D eigenvalue weighted by Crippen LogP contribution is 2.17. The topological polar surface area (TPSA) is 41.6 Å². The molecular formula is C14H22N2O2. The van der Waals surface area contributed by atoms with E-state index < -0.39 is 0 Å². The molecule has 0 heterocycles. The molecule has 0 saturated carbocycles. The van der Waals surface area contributed by atoms with Crippen LogP contribution in [0.1, 0.15) is 19.8 Å². The van der Waals surface area contributed by atoms with Crippen molar-refractivity contribution < 1.29 is 9.53 Å². The predicted molar refractivity (Wildman–Crippen MR) is 74.0 cm³/mol. The number of amides is 1. The van der Waals surface area contributed by atoms with Gasteiger partial charge >= 0.3 is 0 Å². The monoisotopic (exact) mass is 250 g/mol. The van der Waals surface area contributed by atoms with Gasteiger partial charge in [-0.15, -0.1) is 0 Å². The minimum Gasteiger partial charge on any atom is -0.494 e. The summed E-state index contributed by atoms with van der Waals surface area (Å²) in [5.41, 5.74) is 0.774. The van der Waals surface area contributed by atoms with Gasteiger partial charge in [-0.2, -0.15) is 0 Å². The van der Waals surface area contributed by atoms with Gasteiger partial charge in [-0.25, -0.2) is 0 Å². The van der Waals surface area contributed by atoms with Crippen LogP contribution >= 0.6 is 0 Å². The summed E-state index contributed by atoms with van der Waals surface area (Å²) in [4.78, 5) is 13.4. The SMILES string of the molecule is CCCCOc1cccc(NC(=O)CN(C)C)c1. The Balaban J connectivity index is 2.51. The van der Waals surface area contributed by atoms with Crippen molar-refractivity contribution in [3.8, 4) is 5.75 Å². The van der Waals surface area contributed by atoms with E-state index in [0.717, 1.165) is 24.3 Å². The zero-order valence-electron chi connectivity index (χ0n) is 11.4. The molecule has 0 unspecified atom stereocenters. The first-order valence-electron chi connectivity index (χ1n) is 6.29. The van der Waals surface area contributed by atoms with E-state index in [1.165, 1.54) is 0 Å². The number of likely N-dealkylation sites (N-methyl/N-ethyl adjacent to an activating group) is 1. The lowest BCUT2D eigenvalue weighted by atomic mass is 10.3. The summed E-state index contributed by atoms with van der Waals surface area (Å²) in [6, 6.07) is 7.49. The molecular weight excluding hydrogens is 228 g/mol. The highest BCUT2D eigenvalue weighted by Gasteiger charge is 2.04. The lowest BCUT2D eigenvalue weighted by Crippen LogP contribution is -2.27. The summed E-state index contributed by atoms with van der Waals surface area (Å²) >= 11 is 0. The molecule has 0 saturated heterocycles.